The first kappa shape index (κ1) is 13.5. The Balaban J connectivity index is 1.82. The minimum atomic E-state index is 0.103. The molecule has 0 saturated heterocycles. The molecule has 0 spiro atoms. The molecule has 0 fully saturated rings. The van der Waals surface area contributed by atoms with E-state index in [0.29, 0.717) is 0 Å². The van der Waals surface area contributed by atoms with Gasteiger partial charge in [0.25, 0.3) is 0 Å². The number of carbonyl (C=O) groups excluding carboxylic acids is 1. The smallest absolute Gasteiger partial charge is 0.165 e. The van der Waals surface area contributed by atoms with Crippen molar-refractivity contribution >= 4 is 5.78 Å². The van der Waals surface area contributed by atoms with Crippen molar-refractivity contribution in [2.75, 3.05) is 0 Å². The van der Waals surface area contributed by atoms with Crippen LogP contribution in [0.2, 0.25) is 0 Å². The van der Waals surface area contributed by atoms with Crippen LogP contribution in [0.15, 0.2) is 60.7 Å². The summed E-state index contributed by atoms with van der Waals surface area (Å²) in [7, 11) is 0. The Morgan fingerprint density at radius 3 is 2.16 bits per heavy atom. The average Bonchev–Trinajstić information content (AvgIpc) is 2.48. The normalized spacial score (nSPS) is 12.1. The maximum absolute atomic E-state index is 12.2. The van der Waals surface area contributed by atoms with Gasteiger partial charge in [-0.05, 0) is 24.8 Å². The van der Waals surface area contributed by atoms with Gasteiger partial charge < -0.3 is 0 Å². The second-order valence-electron chi connectivity index (χ2n) is 5.01. The van der Waals surface area contributed by atoms with E-state index < -0.39 is 0 Å². The number of benzene rings is 2. The van der Waals surface area contributed by atoms with Gasteiger partial charge in [-0.25, -0.2) is 0 Å². The van der Waals surface area contributed by atoms with E-state index in [4.69, 9.17) is 0 Å². The third-order valence-electron chi connectivity index (χ3n) is 3.45. The highest BCUT2D eigenvalue weighted by Crippen LogP contribution is 2.15. The third-order valence-corrected chi connectivity index (χ3v) is 3.45. The Kier molecular flexibility index (Phi) is 4.91. The summed E-state index contributed by atoms with van der Waals surface area (Å²) in [5.41, 5.74) is 2.18. The molecule has 0 N–H and O–H groups in total. The minimum Gasteiger partial charge on any atom is -0.294 e. The maximum Gasteiger partial charge on any atom is 0.165 e. The molecule has 0 aliphatic rings. The molecule has 19 heavy (non-hydrogen) atoms. The first-order valence-electron chi connectivity index (χ1n) is 6.90. The molecule has 1 unspecified atom stereocenters. The lowest BCUT2D eigenvalue weighted by atomic mass is 9.93. The van der Waals surface area contributed by atoms with Crippen molar-refractivity contribution < 1.29 is 4.79 Å². The Bertz CT molecular complexity index is 502. The molecule has 2 aromatic rings. The van der Waals surface area contributed by atoms with E-state index in [-0.39, 0.29) is 11.7 Å². The predicted molar refractivity (Wildman–Crippen MR) is 79.3 cm³/mol. The zero-order chi connectivity index (χ0) is 13.5. The van der Waals surface area contributed by atoms with E-state index in [0.717, 1.165) is 24.8 Å². The zero-order valence-electron chi connectivity index (χ0n) is 11.4. The number of hydrogen-bond donors (Lipinski definition) is 0. The summed E-state index contributed by atoms with van der Waals surface area (Å²) in [6.45, 7) is 2.03. The first-order valence-corrected chi connectivity index (χ1v) is 6.90. The Hall–Kier alpha value is -1.89. The minimum absolute atomic E-state index is 0.103. The fourth-order valence-corrected chi connectivity index (χ4v) is 2.28. The van der Waals surface area contributed by atoms with Crippen LogP contribution in [0.25, 0.3) is 0 Å². The van der Waals surface area contributed by atoms with Gasteiger partial charge in [0.2, 0.25) is 0 Å². The van der Waals surface area contributed by atoms with Gasteiger partial charge >= 0.3 is 0 Å². The summed E-state index contributed by atoms with van der Waals surface area (Å²) in [4.78, 5) is 12.2. The Morgan fingerprint density at radius 1 is 0.947 bits per heavy atom. The van der Waals surface area contributed by atoms with E-state index in [1.807, 2.05) is 43.3 Å². The highest BCUT2D eigenvalue weighted by atomic mass is 16.1. The third kappa shape index (κ3) is 4.06. The van der Waals surface area contributed by atoms with Crippen molar-refractivity contribution in [3.05, 3.63) is 71.8 Å². The second-order valence-corrected chi connectivity index (χ2v) is 5.01. The summed E-state index contributed by atoms with van der Waals surface area (Å²) in [5.74, 6) is 0.361. The molecule has 0 heterocycles. The molecule has 0 radical (unpaired) electrons. The van der Waals surface area contributed by atoms with Crippen molar-refractivity contribution in [3.8, 4) is 0 Å². The van der Waals surface area contributed by atoms with Crippen LogP contribution in [0, 0.1) is 5.92 Å². The quantitative estimate of drug-likeness (QED) is 0.690. The zero-order valence-corrected chi connectivity index (χ0v) is 11.4. The molecule has 0 aliphatic carbocycles. The molecule has 1 atom stereocenters. The predicted octanol–water partition coefficient (Wildman–Crippen LogP) is 4.53. The van der Waals surface area contributed by atoms with Crippen molar-refractivity contribution in [1.29, 1.82) is 0 Å². The molecule has 0 aromatic heterocycles. The number of ketones is 1. The number of Topliss-reactive ketones (excluding diaryl/α,β-unsaturated/α-hetero) is 1. The molecule has 0 bridgehead atoms. The second kappa shape index (κ2) is 6.89. The molecule has 1 nitrogen and oxygen atoms in total. The molecule has 2 aromatic carbocycles. The van der Waals surface area contributed by atoms with Gasteiger partial charge in [-0.15, -0.1) is 0 Å². The van der Waals surface area contributed by atoms with Crippen LogP contribution in [0.4, 0.5) is 0 Å². The fourth-order valence-electron chi connectivity index (χ4n) is 2.28. The van der Waals surface area contributed by atoms with Crippen molar-refractivity contribution in [2.45, 2.75) is 26.2 Å². The average molecular weight is 252 g/mol. The first-order chi connectivity index (χ1) is 9.27. The highest BCUT2D eigenvalue weighted by molar-refractivity contribution is 5.97. The van der Waals surface area contributed by atoms with Crippen molar-refractivity contribution in [3.63, 3.8) is 0 Å². The molecular weight excluding hydrogens is 232 g/mol. The summed E-state index contributed by atoms with van der Waals surface area (Å²) in [6.07, 6.45) is 3.06. The number of carbonyl (C=O) groups is 1. The Labute approximate surface area is 115 Å². The molecule has 98 valence electrons. The number of rotatable bonds is 6. The summed E-state index contributed by atoms with van der Waals surface area (Å²) in [6, 6.07) is 20.0. The monoisotopic (exact) mass is 252 g/mol. The van der Waals surface area contributed by atoms with E-state index in [1.54, 1.807) is 0 Å². The fraction of sp³-hybridized carbons (Fsp3) is 0.278. The summed E-state index contributed by atoms with van der Waals surface area (Å²) >= 11 is 0. The van der Waals surface area contributed by atoms with Crippen LogP contribution in [0.5, 0.6) is 0 Å². The lowest BCUT2D eigenvalue weighted by molar-refractivity contribution is 0.0923. The van der Waals surface area contributed by atoms with E-state index >= 15 is 0 Å². The van der Waals surface area contributed by atoms with E-state index in [9.17, 15) is 4.79 Å². The lowest BCUT2D eigenvalue weighted by Crippen LogP contribution is -2.11. The molecule has 2 rings (SSSR count). The van der Waals surface area contributed by atoms with Crippen LogP contribution in [-0.2, 0) is 6.42 Å². The van der Waals surface area contributed by atoms with Crippen LogP contribution in [-0.4, -0.2) is 5.78 Å². The largest absolute Gasteiger partial charge is 0.294 e. The van der Waals surface area contributed by atoms with E-state index in [1.165, 1.54) is 5.56 Å². The SMILES string of the molecule is CC(CCCc1ccccc1)C(=O)c1ccccc1. The maximum atomic E-state index is 12.2. The van der Waals surface area contributed by atoms with Gasteiger partial charge in [0, 0.05) is 11.5 Å². The highest BCUT2D eigenvalue weighted by Gasteiger charge is 2.14. The molecule has 0 saturated carbocycles. The van der Waals surface area contributed by atoms with Gasteiger partial charge in [0.05, 0.1) is 0 Å². The van der Waals surface area contributed by atoms with Gasteiger partial charge in [0.15, 0.2) is 5.78 Å². The molecule has 1 heteroatoms. The van der Waals surface area contributed by atoms with Gasteiger partial charge in [0.1, 0.15) is 0 Å². The standard InChI is InChI=1S/C18H20O/c1-15(18(19)17-13-6-3-7-14-17)9-8-12-16-10-4-2-5-11-16/h2-7,10-11,13-15H,8-9,12H2,1H3. The lowest BCUT2D eigenvalue weighted by Gasteiger charge is -2.10. The van der Waals surface area contributed by atoms with Crippen LogP contribution < -0.4 is 0 Å². The topological polar surface area (TPSA) is 17.1 Å². The molecule has 0 amide bonds. The number of hydrogen-bond acceptors (Lipinski definition) is 1. The Morgan fingerprint density at radius 2 is 1.53 bits per heavy atom. The number of aryl methyl sites for hydroxylation is 1. The van der Waals surface area contributed by atoms with Crippen molar-refractivity contribution in [2.24, 2.45) is 5.92 Å². The van der Waals surface area contributed by atoms with Gasteiger partial charge in [-0.3, -0.25) is 4.79 Å². The van der Waals surface area contributed by atoms with Crippen molar-refractivity contribution in [1.82, 2.24) is 0 Å². The molecule has 0 aliphatic heterocycles. The van der Waals surface area contributed by atoms with Gasteiger partial charge in [-0.1, -0.05) is 67.6 Å². The van der Waals surface area contributed by atoms with Gasteiger partial charge in [-0.2, -0.15) is 0 Å². The van der Waals surface area contributed by atoms with Crippen LogP contribution in [0.3, 0.4) is 0 Å². The summed E-state index contributed by atoms with van der Waals surface area (Å²) < 4.78 is 0. The van der Waals surface area contributed by atoms with E-state index in [2.05, 4.69) is 24.3 Å². The van der Waals surface area contributed by atoms with Crippen LogP contribution in [0.1, 0.15) is 35.7 Å². The molecular formula is C18H20O. The van der Waals surface area contributed by atoms with Crippen LogP contribution >= 0.6 is 0 Å². The summed E-state index contributed by atoms with van der Waals surface area (Å²) in [5, 5.41) is 0.